The number of sulfonamides is 1. The standard InChI is InChI=1S/C11H11FN4O2S/c1-7-5-9(12)6-8(2)10(7)19(17,18)16-11-13-3-4-14-15-11/h3-6H,1-2H3,(H,13,15,16). The van der Waals surface area contributed by atoms with Gasteiger partial charge in [-0.25, -0.2) is 22.5 Å². The lowest BCUT2D eigenvalue weighted by Crippen LogP contribution is -2.17. The molecule has 0 bridgehead atoms. The van der Waals surface area contributed by atoms with Gasteiger partial charge in [-0.05, 0) is 37.1 Å². The molecule has 0 unspecified atom stereocenters. The number of halogens is 1. The van der Waals surface area contributed by atoms with Crippen LogP contribution in [0.5, 0.6) is 0 Å². The van der Waals surface area contributed by atoms with Gasteiger partial charge in [-0.15, -0.1) is 5.10 Å². The summed E-state index contributed by atoms with van der Waals surface area (Å²) >= 11 is 0. The van der Waals surface area contributed by atoms with Crippen molar-refractivity contribution in [1.82, 2.24) is 15.2 Å². The lowest BCUT2D eigenvalue weighted by molar-refractivity contribution is 0.597. The molecule has 0 saturated heterocycles. The van der Waals surface area contributed by atoms with Crippen LogP contribution in [0, 0.1) is 19.7 Å². The maximum absolute atomic E-state index is 13.2. The number of nitrogens with zero attached hydrogens (tertiary/aromatic N) is 3. The fraction of sp³-hybridized carbons (Fsp3) is 0.182. The largest absolute Gasteiger partial charge is 0.264 e. The van der Waals surface area contributed by atoms with Crippen molar-refractivity contribution >= 4 is 16.0 Å². The van der Waals surface area contributed by atoms with Crippen molar-refractivity contribution in [3.05, 3.63) is 41.5 Å². The first-order chi connectivity index (χ1) is 8.90. The average molecular weight is 282 g/mol. The maximum Gasteiger partial charge on any atom is 0.264 e. The SMILES string of the molecule is Cc1cc(F)cc(C)c1S(=O)(=O)Nc1nccnn1. The van der Waals surface area contributed by atoms with Crippen LogP contribution in [0.3, 0.4) is 0 Å². The molecular formula is C11H11FN4O2S. The van der Waals surface area contributed by atoms with E-state index in [9.17, 15) is 12.8 Å². The fourth-order valence-corrected chi connectivity index (χ4v) is 3.19. The number of hydrogen-bond donors (Lipinski definition) is 1. The van der Waals surface area contributed by atoms with E-state index in [2.05, 4.69) is 19.9 Å². The molecule has 0 aliphatic rings. The molecule has 2 rings (SSSR count). The van der Waals surface area contributed by atoms with E-state index in [1.165, 1.54) is 26.2 Å². The van der Waals surface area contributed by atoms with Gasteiger partial charge < -0.3 is 0 Å². The van der Waals surface area contributed by atoms with E-state index >= 15 is 0 Å². The Morgan fingerprint density at radius 3 is 2.32 bits per heavy atom. The molecule has 1 N–H and O–H groups in total. The topological polar surface area (TPSA) is 84.8 Å². The highest BCUT2D eigenvalue weighted by Crippen LogP contribution is 2.22. The van der Waals surface area contributed by atoms with Crippen LogP contribution in [0.25, 0.3) is 0 Å². The first-order valence-electron chi connectivity index (χ1n) is 5.33. The number of benzene rings is 1. The Hall–Kier alpha value is -2.09. The zero-order valence-corrected chi connectivity index (χ0v) is 11.1. The summed E-state index contributed by atoms with van der Waals surface area (Å²) in [6, 6.07) is 2.32. The van der Waals surface area contributed by atoms with E-state index in [4.69, 9.17) is 0 Å². The Labute approximate surface area is 109 Å². The predicted molar refractivity (Wildman–Crippen MR) is 66.5 cm³/mol. The Kier molecular flexibility index (Phi) is 3.43. The molecular weight excluding hydrogens is 271 g/mol. The summed E-state index contributed by atoms with van der Waals surface area (Å²) in [5.41, 5.74) is 0.628. The Morgan fingerprint density at radius 2 is 1.79 bits per heavy atom. The Morgan fingerprint density at radius 1 is 1.16 bits per heavy atom. The van der Waals surface area contributed by atoms with E-state index in [1.54, 1.807) is 0 Å². The number of nitrogens with one attached hydrogen (secondary N) is 1. The predicted octanol–water partition coefficient (Wildman–Crippen LogP) is 1.43. The number of hydrogen-bond acceptors (Lipinski definition) is 5. The molecule has 19 heavy (non-hydrogen) atoms. The van der Waals surface area contributed by atoms with Crippen molar-refractivity contribution in [2.45, 2.75) is 18.7 Å². The van der Waals surface area contributed by atoms with Crippen molar-refractivity contribution in [2.24, 2.45) is 0 Å². The van der Waals surface area contributed by atoms with Crippen molar-refractivity contribution in [3.8, 4) is 0 Å². The third kappa shape index (κ3) is 2.84. The van der Waals surface area contributed by atoms with Crippen LogP contribution in [0.2, 0.25) is 0 Å². The van der Waals surface area contributed by atoms with Crippen LogP contribution in [-0.4, -0.2) is 23.6 Å². The van der Waals surface area contributed by atoms with Crippen LogP contribution < -0.4 is 4.72 Å². The van der Waals surface area contributed by atoms with Gasteiger partial charge in [-0.2, -0.15) is 5.10 Å². The molecule has 1 aromatic heterocycles. The summed E-state index contributed by atoms with van der Waals surface area (Å²) in [5, 5.41) is 7.06. The summed E-state index contributed by atoms with van der Waals surface area (Å²) in [5.74, 6) is -0.614. The zero-order valence-electron chi connectivity index (χ0n) is 10.3. The monoisotopic (exact) mass is 282 g/mol. The summed E-state index contributed by atoms with van der Waals surface area (Å²) in [6.07, 6.45) is 2.64. The second-order valence-electron chi connectivity index (χ2n) is 3.94. The minimum absolute atomic E-state index is 0.0151. The molecule has 2 aromatic rings. The Balaban J connectivity index is 2.46. The van der Waals surface area contributed by atoms with E-state index in [1.807, 2.05) is 0 Å². The number of aryl methyl sites for hydroxylation is 2. The highest BCUT2D eigenvalue weighted by Gasteiger charge is 2.21. The lowest BCUT2D eigenvalue weighted by Gasteiger charge is -2.11. The number of rotatable bonds is 3. The third-order valence-electron chi connectivity index (χ3n) is 2.40. The first kappa shape index (κ1) is 13.3. The second kappa shape index (κ2) is 4.88. The molecule has 0 saturated carbocycles. The zero-order chi connectivity index (χ0) is 14.0. The molecule has 0 aliphatic carbocycles. The average Bonchev–Trinajstić information content (AvgIpc) is 2.27. The summed E-state index contributed by atoms with van der Waals surface area (Å²) < 4.78 is 39.8. The molecule has 8 heteroatoms. The third-order valence-corrected chi connectivity index (χ3v) is 4.03. The van der Waals surface area contributed by atoms with Gasteiger partial charge >= 0.3 is 0 Å². The molecule has 0 amide bonds. The van der Waals surface area contributed by atoms with E-state index in [0.29, 0.717) is 11.1 Å². The molecule has 0 aliphatic heterocycles. The normalized spacial score (nSPS) is 11.3. The van der Waals surface area contributed by atoms with E-state index in [-0.39, 0.29) is 10.8 Å². The molecule has 0 fully saturated rings. The van der Waals surface area contributed by atoms with E-state index in [0.717, 1.165) is 12.1 Å². The summed E-state index contributed by atoms with van der Waals surface area (Å²) in [7, 11) is -3.87. The molecule has 100 valence electrons. The molecule has 0 spiro atoms. The molecule has 0 radical (unpaired) electrons. The van der Waals surface area contributed by atoms with Crippen LogP contribution in [0.1, 0.15) is 11.1 Å². The molecule has 6 nitrogen and oxygen atoms in total. The summed E-state index contributed by atoms with van der Waals surface area (Å²) in [4.78, 5) is 3.74. The highest BCUT2D eigenvalue weighted by atomic mass is 32.2. The Bertz CT molecular complexity index is 681. The number of anilines is 1. The van der Waals surface area contributed by atoms with Gasteiger partial charge in [0, 0.05) is 0 Å². The first-order valence-corrected chi connectivity index (χ1v) is 6.82. The minimum atomic E-state index is -3.87. The van der Waals surface area contributed by atoms with Crippen LogP contribution in [-0.2, 0) is 10.0 Å². The van der Waals surface area contributed by atoms with Crippen LogP contribution in [0.4, 0.5) is 10.3 Å². The second-order valence-corrected chi connectivity index (χ2v) is 5.56. The highest BCUT2D eigenvalue weighted by molar-refractivity contribution is 7.92. The molecule has 0 atom stereocenters. The van der Waals surface area contributed by atoms with Gasteiger partial charge in [0.15, 0.2) is 0 Å². The van der Waals surface area contributed by atoms with Gasteiger partial charge in [0.25, 0.3) is 16.0 Å². The van der Waals surface area contributed by atoms with Gasteiger partial charge in [-0.3, -0.25) is 0 Å². The molecule has 1 aromatic carbocycles. The van der Waals surface area contributed by atoms with Gasteiger partial charge in [0.05, 0.1) is 17.3 Å². The van der Waals surface area contributed by atoms with Crippen LogP contribution >= 0.6 is 0 Å². The van der Waals surface area contributed by atoms with Gasteiger partial charge in [0.2, 0.25) is 0 Å². The summed E-state index contributed by atoms with van der Waals surface area (Å²) in [6.45, 7) is 3.05. The van der Waals surface area contributed by atoms with Crippen LogP contribution in [0.15, 0.2) is 29.4 Å². The van der Waals surface area contributed by atoms with Crippen molar-refractivity contribution in [1.29, 1.82) is 0 Å². The van der Waals surface area contributed by atoms with E-state index < -0.39 is 15.8 Å². The smallest absolute Gasteiger partial charge is 0.246 e. The minimum Gasteiger partial charge on any atom is -0.246 e. The van der Waals surface area contributed by atoms with Crippen molar-refractivity contribution in [3.63, 3.8) is 0 Å². The lowest BCUT2D eigenvalue weighted by atomic mass is 10.1. The maximum atomic E-state index is 13.2. The molecule has 1 heterocycles. The number of aromatic nitrogens is 3. The quantitative estimate of drug-likeness (QED) is 0.920. The van der Waals surface area contributed by atoms with Crippen molar-refractivity contribution in [2.75, 3.05) is 4.72 Å². The van der Waals surface area contributed by atoms with Crippen molar-refractivity contribution < 1.29 is 12.8 Å². The van der Waals surface area contributed by atoms with Gasteiger partial charge in [0.1, 0.15) is 5.82 Å². The van der Waals surface area contributed by atoms with Gasteiger partial charge in [-0.1, -0.05) is 0 Å². The fourth-order valence-electron chi connectivity index (χ4n) is 1.79.